The van der Waals surface area contributed by atoms with Gasteiger partial charge in [-0.1, -0.05) is 55.3 Å². The van der Waals surface area contributed by atoms with E-state index >= 15 is 0 Å². The zero-order valence-electron chi connectivity index (χ0n) is 12.4. The van der Waals surface area contributed by atoms with Gasteiger partial charge in [0.2, 0.25) is 0 Å². The van der Waals surface area contributed by atoms with E-state index in [1.54, 1.807) is 12.1 Å². The lowest BCUT2D eigenvalue weighted by molar-refractivity contribution is 0.0467. The number of rotatable bonds is 6. The van der Waals surface area contributed by atoms with Crippen molar-refractivity contribution in [1.82, 2.24) is 0 Å². The minimum Gasteiger partial charge on any atom is -0.488 e. The van der Waals surface area contributed by atoms with Gasteiger partial charge in [0, 0.05) is 5.02 Å². The Hall–Kier alpha value is -1.51. The molecule has 0 radical (unpaired) electrons. The Bertz CT molecular complexity index is 583. The lowest BCUT2D eigenvalue weighted by atomic mass is 10.0. The molecule has 0 aliphatic rings. The van der Waals surface area contributed by atoms with Crippen LogP contribution in [0.4, 0.5) is 0 Å². The summed E-state index contributed by atoms with van der Waals surface area (Å²) in [5.41, 5.74) is 2.12. The van der Waals surface area contributed by atoms with E-state index in [2.05, 4.69) is 13.0 Å². The van der Waals surface area contributed by atoms with Gasteiger partial charge in [-0.05, 0) is 42.7 Å². The van der Waals surface area contributed by atoms with Gasteiger partial charge in [0.05, 0.1) is 0 Å². The molecule has 0 spiro atoms. The van der Waals surface area contributed by atoms with Gasteiger partial charge in [-0.3, -0.25) is 0 Å². The molecule has 2 atom stereocenters. The molecule has 0 heterocycles. The van der Waals surface area contributed by atoms with Crippen molar-refractivity contribution in [3.8, 4) is 5.75 Å². The van der Waals surface area contributed by atoms with Crippen molar-refractivity contribution in [2.24, 2.45) is 0 Å². The Morgan fingerprint density at radius 3 is 2.62 bits per heavy atom. The number of ether oxygens (including phenoxy) is 1. The first-order valence-electron chi connectivity index (χ1n) is 7.29. The second-order valence-corrected chi connectivity index (χ2v) is 5.66. The van der Waals surface area contributed by atoms with Gasteiger partial charge in [0.1, 0.15) is 18.0 Å². The molecule has 0 amide bonds. The summed E-state index contributed by atoms with van der Waals surface area (Å²) in [6.45, 7) is 4.01. The maximum Gasteiger partial charge on any atom is 0.126 e. The average Bonchev–Trinajstić information content (AvgIpc) is 2.47. The predicted molar refractivity (Wildman–Crippen MR) is 86.9 cm³/mol. The maximum absolute atomic E-state index is 10.5. The van der Waals surface area contributed by atoms with Crippen molar-refractivity contribution in [1.29, 1.82) is 0 Å². The van der Waals surface area contributed by atoms with E-state index in [9.17, 15) is 5.11 Å². The summed E-state index contributed by atoms with van der Waals surface area (Å²) in [6.07, 6.45) is 1.10. The van der Waals surface area contributed by atoms with Crippen LogP contribution in [0.2, 0.25) is 5.02 Å². The highest BCUT2D eigenvalue weighted by Crippen LogP contribution is 2.24. The zero-order valence-corrected chi connectivity index (χ0v) is 13.2. The summed E-state index contributed by atoms with van der Waals surface area (Å²) < 4.78 is 5.78. The zero-order chi connectivity index (χ0) is 15.2. The molecular weight excluding hydrogens is 284 g/mol. The molecule has 0 bridgehead atoms. The van der Waals surface area contributed by atoms with Crippen molar-refractivity contribution in [3.05, 3.63) is 64.7 Å². The van der Waals surface area contributed by atoms with Crippen molar-refractivity contribution in [2.45, 2.75) is 38.9 Å². The van der Waals surface area contributed by atoms with Crippen molar-refractivity contribution in [3.63, 3.8) is 0 Å². The van der Waals surface area contributed by atoms with Crippen LogP contribution >= 0.6 is 11.6 Å². The van der Waals surface area contributed by atoms with Crippen LogP contribution in [0.3, 0.4) is 0 Å². The molecule has 2 aromatic rings. The van der Waals surface area contributed by atoms with Crippen LogP contribution in [0, 0.1) is 0 Å². The summed E-state index contributed by atoms with van der Waals surface area (Å²) in [6, 6.07) is 15.3. The molecule has 21 heavy (non-hydrogen) atoms. The van der Waals surface area contributed by atoms with Gasteiger partial charge in [-0.15, -0.1) is 0 Å². The van der Waals surface area contributed by atoms with Crippen LogP contribution < -0.4 is 4.74 Å². The van der Waals surface area contributed by atoms with Crippen LogP contribution in [0.25, 0.3) is 0 Å². The highest BCUT2D eigenvalue weighted by molar-refractivity contribution is 6.30. The number of aliphatic hydroxyl groups is 1. The van der Waals surface area contributed by atoms with E-state index in [0.29, 0.717) is 10.8 Å². The molecule has 0 fully saturated rings. The van der Waals surface area contributed by atoms with Gasteiger partial charge in [-0.2, -0.15) is 0 Å². The molecule has 0 aliphatic heterocycles. The van der Waals surface area contributed by atoms with Crippen molar-refractivity contribution < 1.29 is 9.84 Å². The van der Waals surface area contributed by atoms with Crippen LogP contribution in [0.5, 0.6) is 5.75 Å². The fourth-order valence-electron chi connectivity index (χ4n) is 2.31. The molecule has 2 nitrogen and oxygen atoms in total. The summed E-state index contributed by atoms with van der Waals surface area (Å²) in [4.78, 5) is 0. The van der Waals surface area contributed by atoms with Crippen LogP contribution in [-0.2, 0) is 6.42 Å². The number of benzene rings is 2. The summed E-state index contributed by atoms with van der Waals surface area (Å²) in [7, 11) is 0. The third-order valence-electron chi connectivity index (χ3n) is 3.39. The van der Waals surface area contributed by atoms with Crippen LogP contribution in [0.1, 0.15) is 37.5 Å². The Balaban J connectivity index is 2.08. The van der Waals surface area contributed by atoms with Crippen molar-refractivity contribution in [2.75, 3.05) is 0 Å². The minimum absolute atomic E-state index is 0.347. The van der Waals surface area contributed by atoms with E-state index in [4.69, 9.17) is 16.3 Å². The first kappa shape index (κ1) is 15.9. The third-order valence-corrected chi connectivity index (χ3v) is 3.63. The van der Waals surface area contributed by atoms with Gasteiger partial charge >= 0.3 is 0 Å². The topological polar surface area (TPSA) is 29.5 Å². The fraction of sp³-hybridized carbons (Fsp3) is 0.333. The first-order valence-corrected chi connectivity index (χ1v) is 7.67. The Morgan fingerprint density at radius 1 is 1.14 bits per heavy atom. The first-order chi connectivity index (χ1) is 10.1. The normalized spacial score (nSPS) is 13.7. The molecule has 2 unspecified atom stereocenters. The molecule has 3 heteroatoms. The van der Waals surface area contributed by atoms with Crippen LogP contribution in [0.15, 0.2) is 48.5 Å². The van der Waals surface area contributed by atoms with E-state index in [-0.39, 0.29) is 6.10 Å². The average molecular weight is 305 g/mol. The maximum atomic E-state index is 10.5. The molecule has 2 aromatic carbocycles. The SMILES string of the molecule is CCCc1cccc(C(O)C(C)Oc2cccc(Cl)c2)c1. The number of hydrogen-bond acceptors (Lipinski definition) is 2. The van der Waals surface area contributed by atoms with Gasteiger partial charge in [0.25, 0.3) is 0 Å². The second-order valence-electron chi connectivity index (χ2n) is 5.22. The summed E-state index contributed by atoms with van der Waals surface area (Å²) >= 11 is 5.94. The Kier molecular flexibility index (Phi) is 5.66. The number of aliphatic hydroxyl groups excluding tert-OH is 1. The Morgan fingerprint density at radius 2 is 1.90 bits per heavy atom. The quantitative estimate of drug-likeness (QED) is 0.831. The van der Waals surface area contributed by atoms with E-state index in [1.807, 2.05) is 37.3 Å². The smallest absolute Gasteiger partial charge is 0.126 e. The van der Waals surface area contributed by atoms with E-state index in [0.717, 1.165) is 18.4 Å². The molecule has 2 rings (SSSR count). The fourth-order valence-corrected chi connectivity index (χ4v) is 2.49. The molecule has 0 aliphatic carbocycles. The molecular formula is C18H21ClO2. The monoisotopic (exact) mass is 304 g/mol. The van der Waals surface area contributed by atoms with Crippen LogP contribution in [-0.4, -0.2) is 11.2 Å². The van der Waals surface area contributed by atoms with Gasteiger partial charge < -0.3 is 9.84 Å². The van der Waals surface area contributed by atoms with E-state index < -0.39 is 6.10 Å². The highest BCUT2D eigenvalue weighted by Gasteiger charge is 2.18. The van der Waals surface area contributed by atoms with Gasteiger partial charge in [-0.25, -0.2) is 0 Å². The number of hydrogen-bond donors (Lipinski definition) is 1. The standard InChI is InChI=1S/C18H21ClO2/c1-3-6-14-7-4-8-15(11-14)18(20)13(2)21-17-10-5-9-16(19)12-17/h4-5,7-13,18,20H,3,6H2,1-2H3. The molecule has 0 saturated carbocycles. The lowest BCUT2D eigenvalue weighted by Crippen LogP contribution is -2.21. The number of aryl methyl sites for hydroxylation is 1. The summed E-state index contributed by atoms with van der Waals surface area (Å²) in [5, 5.41) is 11.1. The lowest BCUT2D eigenvalue weighted by Gasteiger charge is -2.21. The van der Waals surface area contributed by atoms with Gasteiger partial charge in [0.15, 0.2) is 0 Å². The third kappa shape index (κ3) is 4.48. The van der Waals surface area contributed by atoms with E-state index in [1.165, 1.54) is 5.56 Å². The molecule has 0 saturated heterocycles. The van der Waals surface area contributed by atoms with Crippen molar-refractivity contribution >= 4 is 11.6 Å². The predicted octanol–water partition coefficient (Wildman–Crippen LogP) is 4.79. The summed E-state index contributed by atoms with van der Waals surface area (Å²) in [5.74, 6) is 0.666. The second kappa shape index (κ2) is 7.48. The largest absolute Gasteiger partial charge is 0.488 e. The molecule has 1 N–H and O–H groups in total. The molecule has 0 aromatic heterocycles. The Labute approximate surface area is 131 Å². The number of halogens is 1. The molecule has 112 valence electrons. The minimum atomic E-state index is -0.666. The highest BCUT2D eigenvalue weighted by atomic mass is 35.5.